The largest absolute Gasteiger partial charge is 0.497 e. The average molecular weight is 356 g/mol. The van der Waals surface area contributed by atoms with Gasteiger partial charge in [0.25, 0.3) is 5.69 Å². The lowest BCUT2D eigenvalue weighted by atomic mass is 10.3. The van der Waals surface area contributed by atoms with Crippen molar-refractivity contribution in [1.29, 1.82) is 0 Å². The summed E-state index contributed by atoms with van der Waals surface area (Å²) in [5.74, 6) is 0.744. The fourth-order valence-electron chi connectivity index (χ4n) is 1.93. The number of nitrogens with zero attached hydrogens (tertiary/aromatic N) is 4. The molecule has 0 bridgehead atoms. The molecule has 10 nitrogen and oxygen atoms in total. The second-order valence-corrected chi connectivity index (χ2v) is 6.82. The summed E-state index contributed by atoms with van der Waals surface area (Å²) in [6.45, 7) is 1.63. The predicted octanol–water partition coefficient (Wildman–Crippen LogP) is 1.37. The molecule has 0 fully saturated rings. The number of methoxy groups -OCH3 is 1. The lowest BCUT2D eigenvalue weighted by Crippen LogP contribution is -2.27. The Bertz CT molecular complexity index is 848. The number of hydrogen-bond acceptors (Lipinski definition) is 8. The fourth-order valence-corrected chi connectivity index (χ4v) is 3.18. The number of aromatic nitrogens is 2. The van der Waals surface area contributed by atoms with Gasteiger partial charge in [-0.25, -0.2) is 8.42 Å². The van der Waals surface area contributed by atoms with Gasteiger partial charge in [0.15, 0.2) is 10.7 Å². The zero-order valence-electron chi connectivity index (χ0n) is 13.3. The van der Waals surface area contributed by atoms with Gasteiger partial charge in [0.05, 0.1) is 24.6 Å². The maximum absolute atomic E-state index is 12.6. The molecular formula is C13H16N4O6S. The van der Waals surface area contributed by atoms with Crippen molar-refractivity contribution in [1.82, 2.24) is 14.4 Å². The SMILES string of the molecule is CCc1noc(CN(C)S(=O)(=O)c2ccc(OC)cc2[N+](=O)[O-])n1. The first-order valence-corrected chi connectivity index (χ1v) is 8.33. The Balaban J connectivity index is 2.36. The van der Waals surface area contributed by atoms with Crippen LogP contribution in [0.2, 0.25) is 0 Å². The highest BCUT2D eigenvalue weighted by Crippen LogP contribution is 2.30. The van der Waals surface area contributed by atoms with Gasteiger partial charge in [-0.3, -0.25) is 10.1 Å². The van der Waals surface area contributed by atoms with Gasteiger partial charge in [-0.2, -0.15) is 9.29 Å². The molecule has 0 saturated carbocycles. The number of ether oxygens (including phenoxy) is 1. The molecular weight excluding hydrogens is 340 g/mol. The van der Waals surface area contributed by atoms with E-state index in [2.05, 4.69) is 10.1 Å². The maximum Gasteiger partial charge on any atom is 0.293 e. The lowest BCUT2D eigenvalue weighted by Gasteiger charge is -2.15. The molecule has 0 saturated heterocycles. The summed E-state index contributed by atoms with van der Waals surface area (Å²) < 4.78 is 36.0. The normalized spacial score (nSPS) is 11.7. The first kappa shape index (κ1) is 17.8. The molecule has 0 aliphatic rings. The van der Waals surface area contributed by atoms with Crippen LogP contribution in [0.25, 0.3) is 0 Å². The highest BCUT2D eigenvalue weighted by molar-refractivity contribution is 7.89. The van der Waals surface area contributed by atoms with Gasteiger partial charge in [-0.05, 0) is 12.1 Å². The molecule has 0 spiro atoms. The van der Waals surface area contributed by atoms with Crippen LogP contribution in [0.4, 0.5) is 5.69 Å². The van der Waals surface area contributed by atoms with Crippen molar-refractivity contribution < 1.29 is 22.6 Å². The minimum atomic E-state index is -4.13. The third kappa shape index (κ3) is 3.51. The number of nitro benzene ring substituents is 1. The molecule has 0 N–H and O–H groups in total. The van der Waals surface area contributed by atoms with Crippen LogP contribution in [0.1, 0.15) is 18.6 Å². The van der Waals surface area contributed by atoms with Crippen LogP contribution in [0, 0.1) is 10.1 Å². The quantitative estimate of drug-likeness (QED) is 0.537. The highest BCUT2D eigenvalue weighted by atomic mass is 32.2. The Morgan fingerprint density at radius 1 is 1.42 bits per heavy atom. The summed E-state index contributed by atoms with van der Waals surface area (Å²) in [6.07, 6.45) is 0.546. The van der Waals surface area contributed by atoms with Crippen molar-refractivity contribution in [2.45, 2.75) is 24.8 Å². The zero-order valence-corrected chi connectivity index (χ0v) is 14.1. The third-order valence-corrected chi connectivity index (χ3v) is 5.09. The molecule has 0 aliphatic carbocycles. The monoisotopic (exact) mass is 356 g/mol. The minimum absolute atomic E-state index is 0.106. The van der Waals surface area contributed by atoms with E-state index in [9.17, 15) is 18.5 Å². The van der Waals surface area contributed by atoms with E-state index >= 15 is 0 Å². The average Bonchev–Trinajstić information content (AvgIpc) is 3.01. The van der Waals surface area contributed by atoms with Crippen LogP contribution in [0.5, 0.6) is 5.75 Å². The van der Waals surface area contributed by atoms with Crippen LogP contribution < -0.4 is 4.74 Å². The van der Waals surface area contributed by atoms with E-state index in [1.54, 1.807) is 0 Å². The topological polar surface area (TPSA) is 129 Å². The van der Waals surface area contributed by atoms with Crippen LogP contribution in [0.15, 0.2) is 27.6 Å². The van der Waals surface area contributed by atoms with Crippen LogP contribution in [0.3, 0.4) is 0 Å². The van der Waals surface area contributed by atoms with Gasteiger partial charge >= 0.3 is 0 Å². The number of nitro groups is 1. The molecule has 0 amide bonds. The summed E-state index contributed by atoms with van der Waals surface area (Å²) in [5, 5.41) is 14.9. The molecule has 2 rings (SSSR count). The van der Waals surface area contributed by atoms with Crippen molar-refractivity contribution >= 4 is 15.7 Å². The Morgan fingerprint density at radius 2 is 2.12 bits per heavy atom. The van der Waals surface area contributed by atoms with Gasteiger partial charge < -0.3 is 9.26 Å². The third-order valence-electron chi connectivity index (χ3n) is 3.24. The fraction of sp³-hybridized carbons (Fsp3) is 0.385. The van der Waals surface area contributed by atoms with Gasteiger partial charge in [-0.15, -0.1) is 0 Å². The molecule has 1 heterocycles. The maximum atomic E-state index is 12.6. The summed E-state index contributed by atoms with van der Waals surface area (Å²) in [5.41, 5.74) is -0.569. The van der Waals surface area contributed by atoms with E-state index in [1.165, 1.54) is 20.2 Å². The zero-order chi connectivity index (χ0) is 17.9. The Labute approximate surface area is 138 Å². The molecule has 0 atom stereocenters. The number of aryl methyl sites for hydroxylation is 1. The van der Waals surface area contributed by atoms with Crippen molar-refractivity contribution in [3.05, 3.63) is 40.0 Å². The van der Waals surface area contributed by atoms with Gasteiger partial charge in [-0.1, -0.05) is 12.1 Å². The Morgan fingerprint density at radius 3 is 2.67 bits per heavy atom. The summed E-state index contributed by atoms with van der Waals surface area (Å²) >= 11 is 0. The summed E-state index contributed by atoms with van der Waals surface area (Å²) in [7, 11) is -1.52. The summed E-state index contributed by atoms with van der Waals surface area (Å²) in [6, 6.07) is 3.53. The number of benzene rings is 1. The minimum Gasteiger partial charge on any atom is -0.497 e. The Kier molecular flexibility index (Phi) is 5.14. The number of hydrogen-bond donors (Lipinski definition) is 0. The number of rotatable bonds is 7. The molecule has 1 aromatic carbocycles. The second kappa shape index (κ2) is 6.93. The van der Waals surface area contributed by atoms with Crippen molar-refractivity contribution in [3.63, 3.8) is 0 Å². The highest BCUT2D eigenvalue weighted by Gasteiger charge is 2.31. The van der Waals surface area contributed by atoms with Crippen molar-refractivity contribution in [3.8, 4) is 5.75 Å². The molecule has 0 unspecified atom stereocenters. The van der Waals surface area contributed by atoms with Gasteiger partial charge in [0, 0.05) is 13.5 Å². The standard InChI is InChI=1S/C13H16N4O6S/c1-4-12-14-13(23-15-12)8-16(2)24(20,21)11-6-5-9(22-3)7-10(11)17(18)19/h5-7H,4,8H2,1-3H3. The first-order valence-electron chi connectivity index (χ1n) is 6.89. The molecule has 2 aromatic rings. The van der Waals surface area contributed by atoms with Gasteiger partial charge in [0.1, 0.15) is 5.75 Å². The van der Waals surface area contributed by atoms with Crippen molar-refractivity contribution in [2.75, 3.05) is 14.2 Å². The first-order chi connectivity index (χ1) is 11.3. The van der Waals surface area contributed by atoms with Crippen LogP contribution >= 0.6 is 0 Å². The molecule has 24 heavy (non-hydrogen) atoms. The molecule has 1 aromatic heterocycles. The van der Waals surface area contributed by atoms with E-state index in [1.807, 2.05) is 6.92 Å². The van der Waals surface area contributed by atoms with E-state index in [-0.39, 0.29) is 18.2 Å². The molecule has 11 heteroatoms. The molecule has 0 aliphatic heterocycles. The van der Waals surface area contributed by atoms with E-state index < -0.39 is 25.5 Å². The van der Waals surface area contributed by atoms with E-state index in [0.717, 1.165) is 16.4 Å². The van der Waals surface area contributed by atoms with Crippen LogP contribution in [-0.4, -0.2) is 41.9 Å². The van der Waals surface area contributed by atoms with Gasteiger partial charge in [0.2, 0.25) is 15.9 Å². The predicted molar refractivity (Wildman–Crippen MR) is 82.0 cm³/mol. The molecule has 0 radical (unpaired) electrons. The summed E-state index contributed by atoms with van der Waals surface area (Å²) in [4.78, 5) is 14.0. The molecule has 130 valence electrons. The second-order valence-electron chi connectivity index (χ2n) is 4.81. The van der Waals surface area contributed by atoms with E-state index in [0.29, 0.717) is 12.2 Å². The smallest absolute Gasteiger partial charge is 0.293 e. The lowest BCUT2D eigenvalue weighted by molar-refractivity contribution is -0.387. The Hall–Kier alpha value is -2.53. The number of sulfonamides is 1. The van der Waals surface area contributed by atoms with E-state index in [4.69, 9.17) is 9.26 Å². The van der Waals surface area contributed by atoms with Crippen LogP contribution in [-0.2, 0) is 23.0 Å². The van der Waals surface area contributed by atoms with Crippen molar-refractivity contribution in [2.24, 2.45) is 0 Å².